The zero-order chi connectivity index (χ0) is 15.1. The van der Waals surface area contributed by atoms with E-state index in [1.807, 2.05) is 34.6 Å². The Hall–Kier alpha value is -1.10. The first kappa shape index (κ1) is 17.9. The van der Waals surface area contributed by atoms with Crippen LogP contribution in [0.5, 0.6) is 0 Å². The van der Waals surface area contributed by atoms with Crippen molar-refractivity contribution in [3.63, 3.8) is 0 Å². The van der Waals surface area contributed by atoms with Crippen molar-refractivity contribution < 1.29 is 9.59 Å². The average Bonchev–Trinajstić information content (AvgIpc) is 2.24. The highest BCUT2D eigenvalue weighted by Crippen LogP contribution is 2.19. The number of carbonyl (C=O) groups excluding carboxylic acids is 2. The second-order valence-corrected chi connectivity index (χ2v) is 6.47. The molecule has 0 bridgehead atoms. The van der Waals surface area contributed by atoms with Crippen LogP contribution >= 0.6 is 0 Å². The van der Waals surface area contributed by atoms with Crippen molar-refractivity contribution in [1.82, 2.24) is 10.6 Å². The minimum absolute atomic E-state index is 0.0332. The van der Waals surface area contributed by atoms with Gasteiger partial charge >= 0.3 is 0 Å². The van der Waals surface area contributed by atoms with E-state index in [-0.39, 0.29) is 29.7 Å². The zero-order valence-corrected chi connectivity index (χ0v) is 12.9. The van der Waals surface area contributed by atoms with Crippen molar-refractivity contribution in [2.45, 2.75) is 53.5 Å². The van der Waals surface area contributed by atoms with Gasteiger partial charge in [0.05, 0.1) is 0 Å². The first-order valence-corrected chi connectivity index (χ1v) is 6.92. The van der Waals surface area contributed by atoms with Crippen molar-refractivity contribution in [3.05, 3.63) is 0 Å². The van der Waals surface area contributed by atoms with Crippen molar-refractivity contribution >= 4 is 11.8 Å². The van der Waals surface area contributed by atoms with Crippen LogP contribution in [-0.4, -0.2) is 30.9 Å². The second-order valence-electron chi connectivity index (χ2n) is 6.47. The van der Waals surface area contributed by atoms with Gasteiger partial charge in [-0.2, -0.15) is 0 Å². The monoisotopic (exact) mass is 271 g/mol. The molecule has 1 atom stereocenters. The topological polar surface area (TPSA) is 84.2 Å². The molecule has 0 radical (unpaired) electrons. The van der Waals surface area contributed by atoms with Gasteiger partial charge in [0.15, 0.2) is 0 Å². The van der Waals surface area contributed by atoms with E-state index in [1.165, 1.54) is 0 Å². The van der Waals surface area contributed by atoms with Gasteiger partial charge < -0.3 is 16.4 Å². The predicted octanol–water partition coefficient (Wildman–Crippen LogP) is 1.03. The van der Waals surface area contributed by atoms with Crippen LogP contribution in [0.4, 0.5) is 0 Å². The van der Waals surface area contributed by atoms with Crippen molar-refractivity contribution in [3.8, 4) is 0 Å². The zero-order valence-electron chi connectivity index (χ0n) is 12.9. The summed E-state index contributed by atoms with van der Waals surface area (Å²) in [5.74, 6) is 0.302. The molecule has 19 heavy (non-hydrogen) atoms. The normalized spacial score (nSPS) is 13.2. The van der Waals surface area contributed by atoms with Crippen LogP contribution in [0, 0.1) is 11.3 Å². The highest BCUT2D eigenvalue weighted by Gasteiger charge is 2.22. The molecule has 0 aromatic carbocycles. The molecular formula is C14H29N3O2. The third-order valence-electron chi connectivity index (χ3n) is 2.90. The number of nitrogens with one attached hydrogen (secondary N) is 2. The number of amides is 2. The minimum atomic E-state index is -0.178. The summed E-state index contributed by atoms with van der Waals surface area (Å²) in [6.07, 6.45) is 0.598. The minimum Gasteiger partial charge on any atom is -0.356 e. The van der Waals surface area contributed by atoms with Gasteiger partial charge in [-0.25, -0.2) is 0 Å². The van der Waals surface area contributed by atoms with E-state index < -0.39 is 0 Å². The first-order chi connectivity index (χ1) is 8.62. The summed E-state index contributed by atoms with van der Waals surface area (Å²) in [5, 5.41) is 5.53. The molecule has 1 unspecified atom stereocenters. The Bertz CT molecular complexity index is 296. The summed E-state index contributed by atoms with van der Waals surface area (Å²) in [4.78, 5) is 23.0. The molecule has 5 nitrogen and oxygen atoms in total. The highest BCUT2D eigenvalue weighted by atomic mass is 16.2. The molecule has 0 aliphatic carbocycles. The predicted molar refractivity (Wildman–Crippen MR) is 77.5 cm³/mol. The SMILES string of the molecule is CC(C)CNC(=O)CCNC(=O)CC(N)C(C)(C)C. The van der Waals surface area contributed by atoms with E-state index >= 15 is 0 Å². The lowest BCUT2D eigenvalue weighted by atomic mass is 9.85. The van der Waals surface area contributed by atoms with Crippen LogP contribution in [0.3, 0.4) is 0 Å². The standard InChI is InChI=1S/C14H29N3O2/c1-10(2)9-17-12(18)6-7-16-13(19)8-11(15)14(3,4)5/h10-11H,6-9,15H2,1-5H3,(H,16,19)(H,17,18). The van der Waals surface area contributed by atoms with Crippen LogP contribution in [0.2, 0.25) is 0 Å². The molecule has 5 heteroatoms. The molecule has 0 heterocycles. The van der Waals surface area contributed by atoms with Crippen molar-refractivity contribution in [2.75, 3.05) is 13.1 Å². The molecule has 0 aliphatic heterocycles. The van der Waals surface area contributed by atoms with Crippen LogP contribution in [0.15, 0.2) is 0 Å². The van der Waals surface area contributed by atoms with Crippen molar-refractivity contribution in [1.29, 1.82) is 0 Å². The van der Waals surface area contributed by atoms with Crippen LogP contribution in [-0.2, 0) is 9.59 Å². The number of rotatable bonds is 7. The molecule has 2 amide bonds. The molecule has 0 saturated carbocycles. The van der Waals surface area contributed by atoms with Gasteiger partial charge in [0.25, 0.3) is 0 Å². The third kappa shape index (κ3) is 9.47. The van der Waals surface area contributed by atoms with E-state index in [2.05, 4.69) is 10.6 Å². The quantitative estimate of drug-likeness (QED) is 0.646. The number of hydrogen-bond acceptors (Lipinski definition) is 3. The fraction of sp³-hybridized carbons (Fsp3) is 0.857. The largest absolute Gasteiger partial charge is 0.356 e. The van der Waals surface area contributed by atoms with Gasteiger partial charge in [-0.1, -0.05) is 34.6 Å². The molecule has 0 rings (SSSR count). The van der Waals surface area contributed by atoms with Gasteiger partial charge in [0.2, 0.25) is 11.8 Å². The highest BCUT2D eigenvalue weighted by molar-refractivity contribution is 5.79. The molecule has 0 aliphatic rings. The Labute approximate surface area is 116 Å². The van der Waals surface area contributed by atoms with Crippen molar-refractivity contribution in [2.24, 2.45) is 17.1 Å². The maximum absolute atomic E-state index is 11.6. The summed E-state index contributed by atoms with van der Waals surface area (Å²) < 4.78 is 0. The van der Waals surface area contributed by atoms with Gasteiger partial charge in [0, 0.05) is 32.0 Å². The first-order valence-electron chi connectivity index (χ1n) is 6.92. The van der Waals surface area contributed by atoms with E-state index in [4.69, 9.17) is 5.73 Å². The van der Waals surface area contributed by atoms with E-state index in [9.17, 15) is 9.59 Å². The molecule has 0 fully saturated rings. The van der Waals surface area contributed by atoms with Gasteiger partial charge in [0.1, 0.15) is 0 Å². The average molecular weight is 271 g/mol. The number of carbonyl (C=O) groups is 2. The Kier molecular flexibility index (Phi) is 7.68. The van der Waals surface area contributed by atoms with Gasteiger partial charge in [-0.3, -0.25) is 9.59 Å². The third-order valence-corrected chi connectivity index (χ3v) is 2.90. The second kappa shape index (κ2) is 8.15. The summed E-state index contributed by atoms with van der Waals surface area (Å²) in [5.41, 5.74) is 5.83. The van der Waals surface area contributed by atoms with E-state index in [1.54, 1.807) is 0 Å². The van der Waals surface area contributed by atoms with Gasteiger partial charge in [-0.15, -0.1) is 0 Å². The Morgan fingerprint density at radius 1 is 1.11 bits per heavy atom. The molecule has 0 aromatic heterocycles. The molecule has 112 valence electrons. The van der Waals surface area contributed by atoms with Crippen LogP contribution in [0.25, 0.3) is 0 Å². The molecule has 4 N–H and O–H groups in total. The molecule has 0 spiro atoms. The number of hydrogen-bond donors (Lipinski definition) is 3. The number of nitrogens with two attached hydrogens (primary N) is 1. The van der Waals surface area contributed by atoms with Crippen LogP contribution < -0.4 is 16.4 Å². The molecule has 0 saturated heterocycles. The smallest absolute Gasteiger partial charge is 0.221 e. The Balaban J connectivity index is 3.78. The van der Waals surface area contributed by atoms with E-state index in [0.29, 0.717) is 25.4 Å². The summed E-state index contributed by atoms with van der Waals surface area (Å²) in [6.45, 7) is 11.1. The maximum atomic E-state index is 11.6. The summed E-state index contributed by atoms with van der Waals surface area (Å²) in [7, 11) is 0. The summed E-state index contributed by atoms with van der Waals surface area (Å²) in [6, 6.07) is -0.178. The lowest BCUT2D eigenvalue weighted by molar-refractivity contribution is -0.122. The fourth-order valence-electron chi connectivity index (χ4n) is 1.30. The fourth-order valence-corrected chi connectivity index (χ4v) is 1.30. The van der Waals surface area contributed by atoms with Crippen LogP contribution in [0.1, 0.15) is 47.5 Å². The maximum Gasteiger partial charge on any atom is 0.221 e. The molecular weight excluding hydrogens is 242 g/mol. The van der Waals surface area contributed by atoms with Gasteiger partial charge in [-0.05, 0) is 11.3 Å². The Morgan fingerprint density at radius 3 is 2.16 bits per heavy atom. The Morgan fingerprint density at radius 2 is 1.68 bits per heavy atom. The van der Waals surface area contributed by atoms with E-state index in [0.717, 1.165) is 0 Å². The lowest BCUT2D eigenvalue weighted by Gasteiger charge is -2.26. The summed E-state index contributed by atoms with van der Waals surface area (Å²) >= 11 is 0. The molecule has 0 aromatic rings. The lowest BCUT2D eigenvalue weighted by Crippen LogP contribution is -2.40.